The number of piperidine rings is 1. The quantitative estimate of drug-likeness (QED) is 0.654. The predicted octanol–water partition coefficient (Wildman–Crippen LogP) is 2.99. The Kier molecular flexibility index (Phi) is 8.06. The van der Waals surface area contributed by atoms with Crippen LogP contribution >= 0.6 is 0 Å². The summed E-state index contributed by atoms with van der Waals surface area (Å²) in [5.41, 5.74) is 0. The molecule has 106 valence electrons. The van der Waals surface area contributed by atoms with E-state index in [1.807, 2.05) is 0 Å². The van der Waals surface area contributed by atoms with Gasteiger partial charge >= 0.3 is 0 Å². The van der Waals surface area contributed by atoms with Crippen molar-refractivity contribution in [1.29, 1.82) is 0 Å². The van der Waals surface area contributed by atoms with Gasteiger partial charge in [-0.3, -0.25) is 4.79 Å². The molecule has 1 saturated heterocycles. The molecule has 2 N–H and O–H groups in total. The second kappa shape index (κ2) is 9.37. The Morgan fingerprint density at radius 1 is 1.17 bits per heavy atom. The van der Waals surface area contributed by atoms with Crippen LogP contribution in [0.5, 0.6) is 0 Å². The molecule has 18 heavy (non-hydrogen) atoms. The van der Waals surface area contributed by atoms with Gasteiger partial charge in [-0.1, -0.05) is 39.0 Å². The van der Waals surface area contributed by atoms with Gasteiger partial charge in [0.05, 0.1) is 6.04 Å². The maximum Gasteiger partial charge on any atom is 0.237 e. The second-order valence-electron chi connectivity index (χ2n) is 5.61. The number of nitrogens with one attached hydrogen (secondary N) is 2. The molecule has 0 aromatic rings. The fourth-order valence-electron chi connectivity index (χ4n) is 2.59. The zero-order valence-corrected chi connectivity index (χ0v) is 12.1. The lowest BCUT2D eigenvalue weighted by Crippen LogP contribution is -2.50. The molecular formula is C15H30N2O. The van der Waals surface area contributed by atoms with E-state index in [-0.39, 0.29) is 11.9 Å². The lowest BCUT2D eigenvalue weighted by atomic mass is 9.99. The molecule has 0 bridgehead atoms. The third-order valence-corrected chi connectivity index (χ3v) is 3.76. The lowest BCUT2D eigenvalue weighted by Gasteiger charge is -2.27. The number of amides is 1. The van der Waals surface area contributed by atoms with E-state index in [2.05, 4.69) is 24.5 Å². The maximum absolute atomic E-state index is 11.9. The third-order valence-electron chi connectivity index (χ3n) is 3.76. The summed E-state index contributed by atoms with van der Waals surface area (Å²) in [6, 6.07) is 0.539. The van der Waals surface area contributed by atoms with Crippen LogP contribution in [-0.2, 0) is 4.79 Å². The van der Waals surface area contributed by atoms with E-state index >= 15 is 0 Å². The highest BCUT2D eigenvalue weighted by Gasteiger charge is 2.23. The first-order chi connectivity index (χ1) is 8.74. The molecule has 2 unspecified atom stereocenters. The molecule has 1 aliphatic rings. The average Bonchev–Trinajstić information content (AvgIpc) is 2.37. The summed E-state index contributed by atoms with van der Waals surface area (Å²) in [6.45, 7) is 5.24. The van der Waals surface area contributed by atoms with Crippen molar-refractivity contribution in [2.75, 3.05) is 6.54 Å². The first kappa shape index (κ1) is 15.5. The van der Waals surface area contributed by atoms with Gasteiger partial charge in [-0.05, 0) is 32.6 Å². The van der Waals surface area contributed by atoms with Crippen LogP contribution in [0.3, 0.4) is 0 Å². The van der Waals surface area contributed by atoms with Gasteiger partial charge in [0.25, 0.3) is 0 Å². The van der Waals surface area contributed by atoms with Crippen LogP contribution in [0.15, 0.2) is 0 Å². The standard InChI is InChI=1S/C15H30N2O/c1-3-4-5-6-7-8-12-16-15(18)14-11-9-10-13(2)17-14/h13-14,17H,3-12H2,1-2H3,(H,16,18). The van der Waals surface area contributed by atoms with Gasteiger partial charge in [0.15, 0.2) is 0 Å². The highest BCUT2D eigenvalue weighted by atomic mass is 16.2. The fraction of sp³-hybridized carbons (Fsp3) is 0.933. The monoisotopic (exact) mass is 254 g/mol. The van der Waals surface area contributed by atoms with Crippen LogP contribution in [-0.4, -0.2) is 24.5 Å². The number of carbonyl (C=O) groups is 1. The Bertz CT molecular complexity index is 231. The summed E-state index contributed by atoms with van der Waals surface area (Å²) in [5.74, 6) is 0.204. The number of hydrogen-bond donors (Lipinski definition) is 2. The average molecular weight is 254 g/mol. The molecule has 3 nitrogen and oxygen atoms in total. The van der Waals surface area contributed by atoms with E-state index in [1.54, 1.807) is 0 Å². The van der Waals surface area contributed by atoms with E-state index in [0.29, 0.717) is 6.04 Å². The van der Waals surface area contributed by atoms with Crippen LogP contribution in [0.2, 0.25) is 0 Å². The van der Waals surface area contributed by atoms with E-state index in [1.165, 1.54) is 44.9 Å². The van der Waals surface area contributed by atoms with Crippen LogP contribution in [0.1, 0.15) is 71.6 Å². The Morgan fingerprint density at radius 3 is 2.61 bits per heavy atom. The molecule has 1 aliphatic heterocycles. The zero-order valence-electron chi connectivity index (χ0n) is 12.1. The van der Waals surface area contributed by atoms with Crippen LogP contribution in [0.4, 0.5) is 0 Å². The molecule has 0 aromatic heterocycles. The van der Waals surface area contributed by atoms with Crippen molar-refractivity contribution in [3.8, 4) is 0 Å². The number of hydrogen-bond acceptors (Lipinski definition) is 2. The van der Waals surface area contributed by atoms with Crippen molar-refractivity contribution in [2.24, 2.45) is 0 Å². The highest BCUT2D eigenvalue weighted by molar-refractivity contribution is 5.81. The largest absolute Gasteiger partial charge is 0.355 e. The highest BCUT2D eigenvalue weighted by Crippen LogP contribution is 2.12. The van der Waals surface area contributed by atoms with Gasteiger partial charge in [0, 0.05) is 12.6 Å². The normalized spacial score (nSPS) is 23.9. The molecule has 0 spiro atoms. The summed E-state index contributed by atoms with van der Waals surface area (Å²) >= 11 is 0. The van der Waals surface area contributed by atoms with Gasteiger partial charge in [-0.25, -0.2) is 0 Å². The molecule has 0 saturated carbocycles. The SMILES string of the molecule is CCCCCCCCNC(=O)C1CCCC(C)N1. The lowest BCUT2D eigenvalue weighted by molar-refractivity contribution is -0.123. The number of unbranched alkanes of at least 4 members (excludes halogenated alkanes) is 5. The maximum atomic E-state index is 11.9. The van der Waals surface area contributed by atoms with Crippen molar-refractivity contribution in [3.63, 3.8) is 0 Å². The molecule has 2 atom stereocenters. The molecule has 1 heterocycles. The summed E-state index contributed by atoms with van der Waals surface area (Å²) in [7, 11) is 0. The Balaban J connectivity index is 1.99. The minimum atomic E-state index is 0.0499. The van der Waals surface area contributed by atoms with Gasteiger partial charge in [0.1, 0.15) is 0 Å². The number of rotatable bonds is 8. The first-order valence-electron chi connectivity index (χ1n) is 7.77. The van der Waals surface area contributed by atoms with E-state index in [9.17, 15) is 4.79 Å². The van der Waals surface area contributed by atoms with Gasteiger partial charge in [-0.2, -0.15) is 0 Å². The van der Waals surface area contributed by atoms with E-state index < -0.39 is 0 Å². The molecule has 0 aromatic carbocycles. The van der Waals surface area contributed by atoms with Crippen LogP contribution in [0.25, 0.3) is 0 Å². The third kappa shape index (κ3) is 6.39. The second-order valence-corrected chi connectivity index (χ2v) is 5.61. The van der Waals surface area contributed by atoms with Gasteiger partial charge in [0.2, 0.25) is 5.91 Å². The van der Waals surface area contributed by atoms with Crippen molar-refractivity contribution < 1.29 is 4.79 Å². The minimum Gasteiger partial charge on any atom is -0.355 e. The topological polar surface area (TPSA) is 41.1 Å². The van der Waals surface area contributed by atoms with Crippen molar-refractivity contribution >= 4 is 5.91 Å². The number of carbonyl (C=O) groups excluding carboxylic acids is 1. The molecule has 1 rings (SSSR count). The molecule has 0 aliphatic carbocycles. The van der Waals surface area contributed by atoms with Gasteiger partial charge in [-0.15, -0.1) is 0 Å². The zero-order chi connectivity index (χ0) is 13.2. The van der Waals surface area contributed by atoms with E-state index in [4.69, 9.17) is 0 Å². The van der Waals surface area contributed by atoms with Crippen LogP contribution < -0.4 is 10.6 Å². The Labute approximate surface area is 112 Å². The summed E-state index contributed by atoms with van der Waals surface area (Å²) in [5, 5.41) is 6.44. The summed E-state index contributed by atoms with van der Waals surface area (Å²) in [6.07, 6.45) is 11.0. The Hall–Kier alpha value is -0.570. The fourth-order valence-corrected chi connectivity index (χ4v) is 2.59. The van der Waals surface area contributed by atoms with Crippen molar-refractivity contribution in [2.45, 2.75) is 83.7 Å². The molecular weight excluding hydrogens is 224 g/mol. The Morgan fingerprint density at radius 2 is 1.89 bits per heavy atom. The molecule has 0 radical (unpaired) electrons. The van der Waals surface area contributed by atoms with Crippen molar-refractivity contribution in [3.05, 3.63) is 0 Å². The minimum absolute atomic E-state index is 0.0499. The molecule has 1 amide bonds. The predicted molar refractivity (Wildman–Crippen MR) is 76.6 cm³/mol. The van der Waals surface area contributed by atoms with Crippen molar-refractivity contribution in [1.82, 2.24) is 10.6 Å². The summed E-state index contributed by atoms with van der Waals surface area (Å²) < 4.78 is 0. The first-order valence-corrected chi connectivity index (χ1v) is 7.77. The van der Waals surface area contributed by atoms with E-state index in [0.717, 1.165) is 19.4 Å². The molecule has 3 heteroatoms. The smallest absolute Gasteiger partial charge is 0.237 e. The summed E-state index contributed by atoms with van der Waals surface area (Å²) in [4.78, 5) is 11.9. The molecule has 1 fully saturated rings. The van der Waals surface area contributed by atoms with Gasteiger partial charge < -0.3 is 10.6 Å². The van der Waals surface area contributed by atoms with Crippen LogP contribution in [0, 0.1) is 0 Å².